The third-order valence-electron chi connectivity index (χ3n) is 4.61. The van der Waals surface area contributed by atoms with Crippen LogP contribution < -0.4 is 14.8 Å². The number of imidazole rings is 1. The van der Waals surface area contributed by atoms with E-state index < -0.39 is 0 Å². The molecule has 30 heavy (non-hydrogen) atoms. The molecule has 2 N–H and O–H groups in total. The number of aromatic hydroxyl groups is 1. The van der Waals surface area contributed by atoms with Crippen LogP contribution in [0, 0.1) is 0 Å². The van der Waals surface area contributed by atoms with Gasteiger partial charge >= 0.3 is 0 Å². The van der Waals surface area contributed by atoms with E-state index in [1.54, 1.807) is 13.2 Å². The SMILES string of the molecule is CCOc1ccc(-c2cnc(NCc3ccc(O)c(OCC)c3)n2CCOC)cc1. The van der Waals surface area contributed by atoms with Crippen LogP contribution in [0.2, 0.25) is 0 Å². The predicted molar refractivity (Wildman–Crippen MR) is 117 cm³/mol. The first-order valence-corrected chi connectivity index (χ1v) is 10.1. The van der Waals surface area contributed by atoms with Gasteiger partial charge in [0.25, 0.3) is 0 Å². The summed E-state index contributed by atoms with van der Waals surface area (Å²) in [5, 5.41) is 13.3. The van der Waals surface area contributed by atoms with E-state index in [4.69, 9.17) is 14.2 Å². The van der Waals surface area contributed by atoms with E-state index in [2.05, 4.69) is 14.9 Å². The largest absolute Gasteiger partial charge is 0.504 e. The van der Waals surface area contributed by atoms with E-state index in [0.29, 0.717) is 38.7 Å². The molecule has 0 unspecified atom stereocenters. The molecular formula is C23H29N3O4. The van der Waals surface area contributed by atoms with E-state index >= 15 is 0 Å². The molecule has 0 saturated carbocycles. The van der Waals surface area contributed by atoms with Crippen molar-refractivity contribution in [3.05, 3.63) is 54.2 Å². The Morgan fingerprint density at radius 3 is 2.50 bits per heavy atom. The molecule has 0 bridgehead atoms. The van der Waals surface area contributed by atoms with Gasteiger partial charge in [-0.05, 0) is 55.8 Å². The molecule has 2 aromatic carbocycles. The van der Waals surface area contributed by atoms with Crippen LogP contribution in [0.15, 0.2) is 48.7 Å². The second-order valence-electron chi connectivity index (χ2n) is 6.66. The molecule has 0 aliphatic carbocycles. The smallest absolute Gasteiger partial charge is 0.203 e. The summed E-state index contributed by atoms with van der Waals surface area (Å²) in [5.41, 5.74) is 3.04. The number of benzene rings is 2. The number of nitrogens with one attached hydrogen (secondary N) is 1. The Morgan fingerprint density at radius 2 is 1.80 bits per heavy atom. The number of methoxy groups -OCH3 is 1. The molecule has 1 aromatic heterocycles. The van der Waals surface area contributed by atoms with Crippen LogP contribution in [0.3, 0.4) is 0 Å². The van der Waals surface area contributed by atoms with Gasteiger partial charge in [-0.3, -0.25) is 0 Å². The number of nitrogens with zero attached hydrogens (tertiary/aromatic N) is 2. The van der Waals surface area contributed by atoms with E-state index in [0.717, 1.165) is 28.5 Å². The van der Waals surface area contributed by atoms with Crippen molar-refractivity contribution in [3.63, 3.8) is 0 Å². The monoisotopic (exact) mass is 411 g/mol. The highest BCUT2D eigenvalue weighted by Crippen LogP contribution is 2.28. The lowest BCUT2D eigenvalue weighted by molar-refractivity contribution is 0.188. The normalized spacial score (nSPS) is 10.8. The lowest BCUT2D eigenvalue weighted by Crippen LogP contribution is -2.11. The lowest BCUT2D eigenvalue weighted by Gasteiger charge is -2.14. The summed E-state index contributed by atoms with van der Waals surface area (Å²) in [6, 6.07) is 13.3. The van der Waals surface area contributed by atoms with Crippen LogP contribution in [0.4, 0.5) is 5.95 Å². The first-order chi connectivity index (χ1) is 14.7. The van der Waals surface area contributed by atoms with Crippen LogP contribution >= 0.6 is 0 Å². The highest BCUT2D eigenvalue weighted by atomic mass is 16.5. The minimum atomic E-state index is 0.139. The molecule has 7 nitrogen and oxygen atoms in total. The Balaban J connectivity index is 1.80. The summed E-state index contributed by atoms with van der Waals surface area (Å²) in [4.78, 5) is 4.58. The molecule has 0 amide bonds. The number of aromatic nitrogens is 2. The van der Waals surface area contributed by atoms with Crippen molar-refractivity contribution in [2.45, 2.75) is 26.9 Å². The maximum Gasteiger partial charge on any atom is 0.203 e. The zero-order chi connectivity index (χ0) is 21.3. The van der Waals surface area contributed by atoms with E-state index in [1.807, 2.05) is 56.4 Å². The molecule has 0 spiro atoms. The zero-order valence-electron chi connectivity index (χ0n) is 17.7. The van der Waals surface area contributed by atoms with Gasteiger partial charge in [0.2, 0.25) is 5.95 Å². The number of phenolic OH excluding ortho intramolecular Hbond substituents is 1. The van der Waals surface area contributed by atoms with Crippen LogP contribution in [-0.4, -0.2) is 41.6 Å². The third kappa shape index (κ3) is 5.24. The van der Waals surface area contributed by atoms with Gasteiger partial charge in [0.15, 0.2) is 11.5 Å². The van der Waals surface area contributed by atoms with Crippen molar-refractivity contribution in [1.29, 1.82) is 0 Å². The Kier molecular flexibility index (Phi) is 7.57. The first-order valence-electron chi connectivity index (χ1n) is 10.1. The fourth-order valence-electron chi connectivity index (χ4n) is 3.17. The average molecular weight is 412 g/mol. The lowest BCUT2D eigenvalue weighted by atomic mass is 10.1. The summed E-state index contributed by atoms with van der Waals surface area (Å²) >= 11 is 0. The molecular weight excluding hydrogens is 382 g/mol. The summed E-state index contributed by atoms with van der Waals surface area (Å²) in [7, 11) is 1.69. The number of ether oxygens (including phenoxy) is 3. The number of hydrogen-bond acceptors (Lipinski definition) is 6. The van der Waals surface area contributed by atoms with Crippen LogP contribution in [0.5, 0.6) is 17.2 Å². The summed E-state index contributed by atoms with van der Waals surface area (Å²) in [5.74, 6) is 2.22. The number of hydrogen-bond donors (Lipinski definition) is 2. The van der Waals surface area contributed by atoms with Crippen molar-refractivity contribution in [1.82, 2.24) is 9.55 Å². The molecule has 7 heteroatoms. The molecule has 0 radical (unpaired) electrons. The highest BCUT2D eigenvalue weighted by Gasteiger charge is 2.12. The van der Waals surface area contributed by atoms with Gasteiger partial charge in [-0.25, -0.2) is 4.98 Å². The standard InChI is InChI=1S/C23H29N3O4/c1-4-29-19-9-7-18(8-10-19)20-16-25-23(26(20)12-13-28-3)24-15-17-6-11-21(27)22(14-17)30-5-2/h6-11,14,16,27H,4-5,12-13,15H2,1-3H3,(H,24,25). The fraction of sp³-hybridized carbons (Fsp3) is 0.348. The molecule has 1 heterocycles. The van der Waals surface area contributed by atoms with Gasteiger partial charge in [-0.2, -0.15) is 0 Å². The molecule has 160 valence electrons. The molecule has 0 aliphatic rings. The van der Waals surface area contributed by atoms with Crippen LogP contribution in [0.1, 0.15) is 19.4 Å². The average Bonchev–Trinajstić information content (AvgIpc) is 3.16. The predicted octanol–water partition coefficient (Wildman–Crippen LogP) is 4.31. The van der Waals surface area contributed by atoms with Gasteiger partial charge in [0.05, 0.1) is 31.7 Å². The quantitative estimate of drug-likeness (QED) is 0.490. The van der Waals surface area contributed by atoms with Crippen molar-refractivity contribution in [3.8, 4) is 28.5 Å². The Bertz CT molecular complexity index is 938. The Labute approximate surface area is 177 Å². The minimum Gasteiger partial charge on any atom is -0.504 e. The van der Waals surface area contributed by atoms with Crippen LogP contribution in [0.25, 0.3) is 11.3 Å². The van der Waals surface area contributed by atoms with Gasteiger partial charge < -0.3 is 29.2 Å². The van der Waals surface area contributed by atoms with Crippen LogP contribution in [-0.2, 0) is 17.8 Å². The minimum absolute atomic E-state index is 0.139. The van der Waals surface area contributed by atoms with Crippen molar-refractivity contribution >= 4 is 5.95 Å². The second-order valence-corrected chi connectivity index (χ2v) is 6.66. The van der Waals surface area contributed by atoms with Gasteiger partial charge in [0.1, 0.15) is 5.75 Å². The van der Waals surface area contributed by atoms with Crippen molar-refractivity contribution < 1.29 is 19.3 Å². The molecule has 0 fully saturated rings. The van der Waals surface area contributed by atoms with Gasteiger partial charge in [-0.15, -0.1) is 0 Å². The number of anilines is 1. The van der Waals surface area contributed by atoms with Crippen molar-refractivity contribution in [2.75, 3.05) is 32.2 Å². The Morgan fingerprint density at radius 1 is 1.03 bits per heavy atom. The van der Waals surface area contributed by atoms with E-state index in [9.17, 15) is 5.11 Å². The molecule has 0 saturated heterocycles. The van der Waals surface area contributed by atoms with E-state index in [-0.39, 0.29) is 5.75 Å². The third-order valence-corrected chi connectivity index (χ3v) is 4.61. The number of rotatable bonds is 11. The summed E-state index contributed by atoms with van der Waals surface area (Å²) in [6.45, 7) is 6.78. The molecule has 3 aromatic rings. The van der Waals surface area contributed by atoms with Gasteiger partial charge in [0, 0.05) is 25.8 Å². The fourth-order valence-corrected chi connectivity index (χ4v) is 3.17. The zero-order valence-corrected chi connectivity index (χ0v) is 17.7. The summed E-state index contributed by atoms with van der Waals surface area (Å²) in [6.07, 6.45) is 1.86. The van der Waals surface area contributed by atoms with Crippen molar-refractivity contribution in [2.24, 2.45) is 0 Å². The molecule has 0 aliphatic heterocycles. The van der Waals surface area contributed by atoms with E-state index in [1.165, 1.54) is 0 Å². The molecule has 0 atom stereocenters. The summed E-state index contributed by atoms with van der Waals surface area (Å²) < 4.78 is 18.4. The maximum absolute atomic E-state index is 9.89. The molecule has 3 rings (SSSR count). The first kappa shape index (κ1) is 21.5. The maximum atomic E-state index is 9.89. The topological polar surface area (TPSA) is 77.8 Å². The van der Waals surface area contributed by atoms with Gasteiger partial charge in [-0.1, -0.05) is 6.07 Å². The number of phenols is 1. The second kappa shape index (κ2) is 10.5. The Hall–Kier alpha value is -3.19. The highest BCUT2D eigenvalue weighted by molar-refractivity contribution is 5.62.